The molecule has 27 heteroatoms. The SMILES string of the molecule is C=CCCCCCCCCCCC[C@H](C)C[C@H](C)C(=O)O[C@@H]1C(OC(=O)CCCCCCCCCCCCCCC)[C@@H](O[C@H]2OC(CO)[C@@H](O)C(O)[C@H]2O)OC(CO)[C@H]1O.CCCCCCCCCCCCCCCCCC[C@H](C)C[C@H](C)[C@@H](O)[C@H](C)C(=O)O[C@@H]1C(OC(=O)CCCCCCCCCCCCCCCS)[C@@H](O[C@H]2OC(CC)[C@@H](O)C(O)[C@H]2O)OC(CO)[C@H]1O. The Bertz CT molecular complexity index is 2740. The molecule has 4 aliphatic heterocycles. The summed E-state index contributed by atoms with van der Waals surface area (Å²) in [4.78, 5) is 54.3. The van der Waals surface area contributed by atoms with Crippen molar-refractivity contribution in [3.8, 4) is 0 Å². The third-order valence-electron chi connectivity index (χ3n) is 27.2. The van der Waals surface area contributed by atoms with Gasteiger partial charge in [0.15, 0.2) is 37.0 Å². The molecule has 0 amide bonds. The zero-order valence-electron chi connectivity index (χ0n) is 82.4. The van der Waals surface area contributed by atoms with E-state index in [1.807, 2.05) is 13.0 Å². The van der Waals surface area contributed by atoms with Gasteiger partial charge in [-0.1, -0.05) is 369 Å². The molecule has 4 fully saturated rings. The van der Waals surface area contributed by atoms with E-state index in [9.17, 15) is 80.5 Å². The van der Waals surface area contributed by atoms with Crippen molar-refractivity contribution in [3.05, 3.63) is 12.7 Å². The van der Waals surface area contributed by atoms with E-state index in [1.54, 1.807) is 20.8 Å². The number of aliphatic hydroxyl groups is 12. The predicted molar refractivity (Wildman–Crippen MR) is 511 cm³/mol. The van der Waals surface area contributed by atoms with Crippen molar-refractivity contribution in [2.45, 2.75) is 563 Å². The Kier molecular flexibility index (Phi) is 71.1. The van der Waals surface area contributed by atoms with Crippen LogP contribution in [-0.4, -0.2) is 240 Å². The Balaban J connectivity index is 0.000000678. The Morgan fingerprint density at radius 3 is 0.969 bits per heavy atom. The number of allylic oxidation sites excluding steroid dienone is 1. The summed E-state index contributed by atoms with van der Waals surface area (Å²) < 4.78 is 58.5. The van der Waals surface area contributed by atoms with Crippen molar-refractivity contribution in [3.63, 3.8) is 0 Å². The van der Waals surface area contributed by atoms with Crippen LogP contribution >= 0.6 is 12.6 Å². The highest BCUT2D eigenvalue weighted by Gasteiger charge is 2.56. The minimum absolute atomic E-state index is 0.0340. The minimum atomic E-state index is -1.81. The second-order valence-corrected chi connectivity index (χ2v) is 39.5. The van der Waals surface area contributed by atoms with E-state index in [1.165, 1.54) is 244 Å². The number of rotatable bonds is 78. The van der Waals surface area contributed by atoms with E-state index in [2.05, 4.69) is 46.9 Å². The van der Waals surface area contributed by atoms with Crippen LogP contribution < -0.4 is 0 Å². The predicted octanol–water partition coefficient (Wildman–Crippen LogP) is 18.1. The maximum atomic E-state index is 13.9. The average molecular weight is 1880 g/mol. The molecule has 0 radical (unpaired) electrons. The molecule has 4 heterocycles. The maximum absolute atomic E-state index is 13.9. The summed E-state index contributed by atoms with van der Waals surface area (Å²) in [5.74, 6) is -3.04. The molecule has 4 aliphatic rings. The topological polar surface area (TPSA) is 403 Å². The van der Waals surface area contributed by atoms with Gasteiger partial charge in [-0.2, -0.15) is 12.6 Å². The highest BCUT2D eigenvalue weighted by molar-refractivity contribution is 7.80. The molecule has 0 aliphatic carbocycles. The van der Waals surface area contributed by atoms with Gasteiger partial charge in [0.25, 0.3) is 0 Å². The molecule has 0 bridgehead atoms. The highest BCUT2D eigenvalue weighted by Crippen LogP contribution is 2.37. The van der Waals surface area contributed by atoms with Gasteiger partial charge in [-0.05, 0) is 81.8 Å². The lowest BCUT2D eigenvalue weighted by Crippen LogP contribution is -2.65. The van der Waals surface area contributed by atoms with Crippen LogP contribution in [0.1, 0.15) is 434 Å². The van der Waals surface area contributed by atoms with E-state index >= 15 is 0 Å². The quantitative estimate of drug-likeness (QED) is 0.00884. The molecule has 4 saturated heterocycles. The standard InChI is InChI=1S/C56H106O13S.C47H86O13/c1-6-8-9-10-11-12-13-14-15-16-18-21-24-27-30-33-36-41(3)39-42(4)47(59)43(5)54(64)68-52-49(61)45(40-57)66-56(69-55-51(63)50(62)48(60)44(7-2)65-55)53(52)67-46(58)37-34-31-28-25-22-19-17-20-23-26-29-32-35-38-70;1-5-7-9-11-13-15-17-18-20-22-24-26-28-30-38(50)58-44-43(40(52)37(33-49)57-47(44)60-46-42(54)41(53)39(51)36(32-48)56-46)59-45(55)35(4)31-34(3)29-27-25-23-21-19-16-14-12-10-8-6-2/h41-45,47-53,55-57,59-63,70H,6-40H2,1-5H3;6,34-37,39-44,46-49,51-54H,2,5,7-33H2,1,3-4H3/t41-,42-,43-,44?,45?,47+,48+,49+,50?,51+,52-,53?,55+,56+;34-,35-,36?,37?,39+,40+,41?,42+,43-,44?,46+,47+/m00/s1. The Labute approximate surface area is 791 Å². The van der Waals surface area contributed by atoms with E-state index in [-0.39, 0.29) is 31.1 Å². The first-order valence-electron chi connectivity index (χ1n) is 52.7. The van der Waals surface area contributed by atoms with Crippen molar-refractivity contribution in [1.29, 1.82) is 0 Å². The van der Waals surface area contributed by atoms with Crippen LogP contribution in [0.5, 0.6) is 0 Å². The molecule has 766 valence electrons. The van der Waals surface area contributed by atoms with Crippen LogP contribution in [0.25, 0.3) is 0 Å². The van der Waals surface area contributed by atoms with Crippen LogP contribution in [0.15, 0.2) is 12.7 Å². The van der Waals surface area contributed by atoms with Crippen LogP contribution in [0.2, 0.25) is 0 Å². The largest absolute Gasteiger partial charge is 0.455 e. The van der Waals surface area contributed by atoms with E-state index in [0.717, 1.165) is 95.6 Å². The van der Waals surface area contributed by atoms with Crippen molar-refractivity contribution in [2.24, 2.45) is 29.6 Å². The zero-order valence-corrected chi connectivity index (χ0v) is 83.3. The summed E-state index contributed by atoms with van der Waals surface area (Å²) in [6, 6.07) is 0. The first-order valence-corrected chi connectivity index (χ1v) is 53.3. The van der Waals surface area contributed by atoms with Crippen molar-refractivity contribution in [1.82, 2.24) is 0 Å². The maximum Gasteiger partial charge on any atom is 0.311 e. The summed E-state index contributed by atoms with van der Waals surface area (Å²) in [6.07, 6.45) is 36.0. The monoisotopic (exact) mass is 1880 g/mol. The fourth-order valence-electron chi connectivity index (χ4n) is 18.6. The third kappa shape index (κ3) is 50.7. The third-order valence-corrected chi connectivity index (χ3v) is 27.5. The Hall–Kier alpha value is -2.75. The van der Waals surface area contributed by atoms with Gasteiger partial charge in [-0.15, -0.1) is 6.58 Å². The minimum Gasteiger partial charge on any atom is -0.455 e. The molecule has 26 nitrogen and oxygen atoms in total. The average Bonchev–Trinajstić information content (AvgIpc) is 0.782. The Morgan fingerprint density at radius 2 is 0.631 bits per heavy atom. The van der Waals surface area contributed by atoms with Crippen molar-refractivity contribution < 1.29 is 128 Å². The van der Waals surface area contributed by atoms with Gasteiger partial charge in [0.05, 0.1) is 43.9 Å². The normalized spacial score (nSPS) is 27.3. The summed E-state index contributed by atoms with van der Waals surface area (Å²) in [5, 5.41) is 128. The summed E-state index contributed by atoms with van der Waals surface area (Å²) >= 11 is 4.28. The molecular formula is C103H192O26S. The summed E-state index contributed by atoms with van der Waals surface area (Å²) in [7, 11) is 0. The zero-order chi connectivity index (χ0) is 95.6. The molecule has 0 aromatic heterocycles. The summed E-state index contributed by atoms with van der Waals surface area (Å²) in [5.41, 5.74) is 0. The number of unbranched alkanes of at least 4 members (excludes halogenated alkanes) is 48. The Morgan fingerprint density at radius 1 is 0.338 bits per heavy atom. The van der Waals surface area contributed by atoms with Gasteiger partial charge >= 0.3 is 23.9 Å². The lowest BCUT2D eigenvalue weighted by Gasteiger charge is -2.46. The highest BCUT2D eigenvalue weighted by atomic mass is 32.1. The van der Waals surface area contributed by atoms with Crippen LogP contribution in [0.3, 0.4) is 0 Å². The smallest absolute Gasteiger partial charge is 0.311 e. The van der Waals surface area contributed by atoms with Crippen LogP contribution in [0.4, 0.5) is 0 Å². The number of aliphatic hydroxyl groups excluding tert-OH is 12. The molecule has 0 spiro atoms. The fraction of sp³-hybridized carbons (Fsp3) is 0.942. The molecule has 4 rings (SSSR count). The van der Waals surface area contributed by atoms with Gasteiger partial charge in [0.2, 0.25) is 12.6 Å². The van der Waals surface area contributed by atoms with Gasteiger partial charge < -0.3 is 109 Å². The van der Waals surface area contributed by atoms with Gasteiger partial charge in [-0.25, -0.2) is 0 Å². The first kappa shape index (κ1) is 121. The van der Waals surface area contributed by atoms with Crippen LogP contribution in [0, 0.1) is 29.6 Å². The lowest BCUT2D eigenvalue weighted by molar-refractivity contribution is -0.377. The van der Waals surface area contributed by atoms with E-state index < -0.39 is 184 Å². The van der Waals surface area contributed by atoms with Gasteiger partial charge in [0.1, 0.15) is 67.1 Å². The summed E-state index contributed by atoms with van der Waals surface area (Å²) in [6.45, 7) is 17.3. The molecule has 0 aromatic carbocycles. The number of ether oxygens (including phenoxy) is 10. The van der Waals surface area contributed by atoms with Crippen molar-refractivity contribution in [2.75, 3.05) is 25.6 Å². The lowest BCUT2D eigenvalue weighted by atomic mass is 9.85. The van der Waals surface area contributed by atoms with E-state index in [4.69, 9.17) is 47.4 Å². The number of hydrogen-bond donors (Lipinski definition) is 13. The van der Waals surface area contributed by atoms with Gasteiger partial charge in [0, 0.05) is 12.8 Å². The van der Waals surface area contributed by atoms with E-state index in [0.29, 0.717) is 31.6 Å². The molecular weight excluding hydrogens is 1690 g/mol. The number of hydrogen-bond acceptors (Lipinski definition) is 27. The second kappa shape index (κ2) is 76.2. The molecule has 26 atom stereocenters. The van der Waals surface area contributed by atoms with Crippen LogP contribution in [-0.2, 0) is 66.5 Å². The number of thiol groups is 1. The molecule has 12 N–H and O–H groups in total. The number of carbonyl (C=O) groups excluding carboxylic acids is 4. The second-order valence-electron chi connectivity index (χ2n) is 39.1. The molecule has 0 aromatic rings. The molecule has 0 saturated carbocycles. The first-order chi connectivity index (χ1) is 62.8. The number of esters is 4. The fourth-order valence-corrected chi connectivity index (χ4v) is 18.8. The van der Waals surface area contributed by atoms with Gasteiger partial charge in [-0.3, -0.25) is 19.2 Å². The van der Waals surface area contributed by atoms with Crippen molar-refractivity contribution >= 4 is 36.5 Å². The number of carbonyl (C=O) groups is 4. The molecule has 8 unspecified atom stereocenters. The molecule has 130 heavy (non-hydrogen) atoms.